The minimum atomic E-state index is 0.201. The van der Waals surface area contributed by atoms with Crippen molar-refractivity contribution < 1.29 is 4.79 Å². The molecule has 1 aromatic heterocycles. The van der Waals surface area contributed by atoms with Crippen molar-refractivity contribution in [1.82, 2.24) is 4.90 Å². The van der Waals surface area contributed by atoms with E-state index in [1.54, 1.807) is 11.3 Å². The van der Waals surface area contributed by atoms with Crippen molar-refractivity contribution in [2.75, 3.05) is 24.5 Å². The first-order valence-corrected chi connectivity index (χ1v) is 9.58. The molecule has 1 aliphatic heterocycles. The van der Waals surface area contributed by atoms with E-state index in [-0.39, 0.29) is 5.91 Å². The average Bonchev–Trinajstić information content (AvgIpc) is 2.95. The van der Waals surface area contributed by atoms with Gasteiger partial charge in [-0.05, 0) is 44.9 Å². The lowest BCUT2D eigenvalue weighted by atomic mass is 10.1. The fourth-order valence-electron chi connectivity index (χ4n) is 3.53. The number of carbonyl (C=O) groups is 1. The smallest absolute Gasteiger partial charge is 0.255 e. The molecule has 128 valence electrons. The Morgan fingerprint density at radius 3 is 2.54 bits per heavy atom. The highest BCUT2D eigenvalue weighted by molar-refractivity contribution is 7.10. The Morgan fingerprint density at radius 1 is 1.21 bits per heavy atom. The Labute approximate surface area is 148 Å². The third-order valence-corrected chi connectivity index (χ3v) is 5.92. The number of thiophene rings is 1. The van der Waals surface area contributed by atoms with Crippen LogP contribution in [0.2, 0.25) is 0 Å². The average molecular weight is 343 g/mol. The molecule has 0 bridgehead atoms. The summed E-state index contributed by atoms with van der Waals surface area (Å²) in [6, 6.07) is 9.00. The largest absolute Gasteiger partial charge is 0.365 e. The van der Waals surface area contributed by atoms with E-state index in [2.05, 4.69) is 56.9 Å². The van der Waals surface area contributed by atoms with Gasteiger partial charge in [-0.25, -0.2) is 0 Å². The number of piperazine rings is 1. The predicted octanol–water partition coefficient (Wildman–Crippen LogP) is 4.28. The quantitative estimate of drug-likeness (QED) is 0.831. The van der Waals surface area contributed by atoms with E-state index < -0.39 is 0 Å². The monoisotopic (exact) mass is 342 g/mol. The number of nitrogens with zero attached hydrogens (tertiary/aromatic N) is 2. The molecule has 0 saturated carbocycles. The lowest BCUT2D eigenvalue weighted by Crippen LogP contribution is -2.53. The van der Waals surface area contributed by atoms with Crippen LogP contribution in [0.25, 0.3) is 0 Å². The van der Waals surface area contributed by atoms with Crippen LogP contribution in [0.15, 0.2) is 29.6 Å². The van der Waals surface area contributed by atoms with Crippen LogP contribution in [0.5, 0.6) is 0 Å². The van der Waals surface area contributed by atoms with E-state index in [4.69, 9.17) is 0 Å². The first kappa shape index (κ1) is 17.0. The molecule has 0 aliphatic carbocycles. The van der Waals surface area contributed by atoms with Crippen molar-refractivity contribution in [1.29, 1.82) is 0 Å². The number of hydrogen-bond donors (Lipinski definition) is 0. The summed E-state index contributed by atoms with van der Waals surface area (Å²) in [5.74, 6) is 0.201. The Hall–Kier alpha value is -1.81. The van der Waals surface area contributed by atoms with Crippen molar-refractivity contribution in [2.24, 2.45) is 0 Å². The van der Waals surface area contributed by atoms with E-state index in [1.807, 2.05) is 10.3 Å². The van der Waals surface area contributed by atoms with Gasteiger partial charge >= 0.3 is 0 Å². The van der Waals surface area contributed by atoms with Crippen LogP contribution in [0, 0.1) is 13.8 Å². The Balaban J connectivity index is 1.73. The van der Waals surface area contributed by atoms with Gasteiger partial charge in [0, 0.05) is 41.6 Å². The van der Waals surface area contributed by atoms with Crippen LogP contribution in [-0.2, 0) is 6.42 Å². The van der Waals surface area contributed by atoms with Crippen LogP contribution in [-0.4, -0.2) is 36.5 Å². The number of rotatable bonds is 3. The molecule has 1 aromatic carbocycles. The maximum atomic E-state index is 12.9. The second-order valence-electron chi connectivity index (χ2n) is 6.67. The minimum absolute atomic E-state index is 0.201. The molecule has 1 aliphatic rings. The first-order valence-electron chi connectivity index (χ1n) is 8.70. The summed E-state index contributed by atoms with van der Waals surface area (Å²) >= 11 is 1.69. The van der Waals surface area contributed by atoms with Gasteiger partial charge in [-0.3, -0.25) is 4.79 Å². The van der Waals surface area contributed by atoms with Crippen molar-refractivity contribution in [3.63, 3.8) is 0 Å². The second-order valence-corrected chi connectivity index (χ2v) is 7.75. The molecule has 0 N–H and O–H groups in total. The third-order valence-electron chi connectivity index (χ3n) is 4.97. The van der Waals surface area contributed by atoms with Crippen molar-refractivity contribution in [3.8, 4) is 0 Å². The van der Waals surface area contributed by atoms with Crippen molar-refractivity contribution in [3.05, 3.63) is 51.2 Å². The van der Waals surface area contributed by atoms with Crippen LogP contribution in [0.1, 0.15) is 40.2 Å². The first-order chi connectivity index (χ1) is 11.5. The van der Waals surface area contributed by atoms with E-state index in [0.717, 1.165) is 31.6 Å². The van der Waals surface area contributed by atoms with E-state index >= 15 is 0 Å². The van der Waals surface area contributed by atoms with E-state index in [9.17, 15) is 4.79 Å². The highest BCUT2D eigenvalue weighted by atomic mass is 32.1. The van der Waals surface area contributed by atoms with Crippen LogP contribution < -0.4 is 4.90 Å². The Morgan fingerprint density at radius 2 is 1.92 bits per heavy atom. The van der Waals surface area contributed by atoms with Crippen molar-refractivity contribution >= 4 is 22.9 Å². The molecular weight excluding hydrogens is 316 g/mol. The molecule has 2 aromatic rings. The molecule has 3 rings (SSSR count). The summed E-state index contributed by atoms with van der Waals surface area (Å²) in [5.41, 5.74) is 4.66. The van der Waals surface area contributed by atoms with Gasteiger partial charge in [0.15, 0.2) is 0 Å². The van der Waals surface area contributed by atoms with Gasteiger partial charge in [-0.1, -0.05) is 24.6 Å². The minimum Gasteiger partial charge on any atom is -0.365 e. The molecule has 4 heteroatoms. The standard InChI is InChI=1S/C20H26N2OS/c1-5-18-16(4)24-13-19(18)20(23)21-10-11-22(15(3)12-21)17-8-6-14(2)7-9-17/h6-9,13,15H,5,10-12H2,1-4H3/t15-/m1/s1. The maximum Gasteiger partial charge on any atom is 0.255 e. The molecule has 1 atom stereocenters. The summed E-state index contributed by atoms with van der Waals surface area (Å²) in [4.78, 5) is 18.6. The number of hydrogen-bond acceptors (Lipinski definition) is 3. The number of carbonyl (C=O) groups excluding carboxylic acids is 1. The number of benzene rings is 1. The molecule has 24 heavy (non-hydrogen) atoms. The molecule has 2 heterocycles. The third kappa shape index (κ3) is 3.20. The van der Waals surface area contributed by atoms with Gasteiger partial charge in [-0.15, -0.1) is 11.3 Å². The lowest BCUT2D eigenvalue weighted by Gasteiger charge is -2.41. The second kappa shape index (κ2) is 6.98. The molecule has 1 amide bonds. The molecule has 0 spiro atoms. The van der Waals surface area contributed by atoms with E-state index in [0.29, 0.717) is 6.04 Å². The summed E-state index contributed by atoms with van der Waals surface area (Å²) < 4.78 is 0. The normalized spacial score (nSPS) is 18.1. The van der Waals surface area contributed by atoms with Gasteiger partial charge in [-0.2, -0.15) is 0 Å². The fraction of sp³-hybridized carbons (Fsp3) is 0.450. The SMILES string of the molecule is CCc1c(C(=O)N2CCN(c3ccc(C)cc3)[C@H](C)C2)csc1C. The summed E-state index contributed by atoms with van der Waals surface area (Å²) in [7, 11) is 0. The number of amides is 1. The van der Waals surface area contributed by atoms with Gasteiger partial charge in [0.05, 0.1) is 5.56 Å². The Kier molecular flexibility index (Phi) is 4.95. The van der Waals surface area contributed by atoms with Crippen LogP contribution in [0.4, 0.5) is 5.69 Å². The van der Waals surface area contributed by atoms with Crippen LogP contribution >= 0.6 is 11.3 Å². The predicted molar refractivity (Wildman–Crippen MR) is 102 cm³/mol. The zero-order valence-corrected chi connectivity index (χ0v) is 15.8. The molecule has 0 unspecified atom stereocenters. The maximum absolute atomic E-state index is 12.9. The fourth-order valence-corrected chi connectivity index (χ4v) is 4.46. The van der Waals surface area contributed by atoms with Gasteiger partial charge in [0.25, 0.3) is 5.91 Å². The molecule has 1 saturated heterocycles. The van der Waals surface area contributed by atoms with Gasteiger partial charge in [0.1, 0.15) is 0 Å². The highest BCUT2D eigenvalue weighted by Gasteiger charge is 2.29. The number of aryl methyl sites for hydroxylation is 2. The summed E-state index contributed by atoms with van der Waals surface area (Å²) in [6.45, 7) is 11.0. The molecule has 0 radical (unpaired) electrons. The highest BCUT2D eigenvalue weighted by Crippen LogP contribution is 2.26. The van der Waals surface area contributed by atoms with Gasteiger partial charge in [0.2, 0.25) is 0 Å². The number of anilines is 1. The van der Waals surface area contributed by atoms with Crippen molar-refractivity contribution in [2.45, 2.75) is 40.2 Å². The zero-order chi connectivity index (χ0) is 17.3. The summed E-state index contributed by atoms with van der Waals surface area (Å²) in [5, 5.41) is 2.04. The van der Waals surface area contributed by atoms with Gasteiger partial charge < -0.3 is 9.80 Å². The molecule has 3 nitrogen and oxygen atoms in total. The van der Waals surface area contributed by atoms with E-state index in [1.165, 1.54) is 21.7 Å². The Bertz CT molecular complexity index is 720. The molecule has 1 fully saturated rings. The molecular formula is C20H26N2OS. The van der Waals surface area contributed by atoms with Crippen LogP contribution in [0.3, 0.4) is 0 Å². The topological polar surface area (TPSA) is 23.6 Å². The lowest BCUT2D eigenvalue weighted by molar-refractivity contribution is 0.0726. The summed E-state index contributed by atoms with van der Waals surface area (Å²) in [6.07, 6.45) is 0.926. The zero-order valence-electron chi connectivity index (χ0n) is 15.0.